The fraction of sp³-hybridized carbons (Fsp3) is 0.333. The van der Waals surface area contributed by atoms with Crippen molar-refractivity contribution in [2.45, 2.75) is 6.92 Å². The van der Waals surface area contributed by atoms with Gasteiger partial charge in [0.25, 0.3) is 0 Å². The van der Waals surface area contributed by atoms with Gasteiger partial charge in [0, 0.05) is 0 Å². The van der Waals surface area contributed by atoms with Crippen LogP contribution in [-0.4, -0.2) is 24.7 Å². The number of pyridine rings is 1. The zero-order valence-corrected chi connectivity index (χ0v) is 8.11. The van der Waals surface area contributed by atoms with Crippen molar-refractivity contribution in [2.24, 2.45) is 0 Å². The summed E-state index contributed by atoms with van der Waals surface area (Å²) in [5.74, 6) is -0.249. The molecule has 1 aromatic rings. The molecule has 0 bridgehead atoms. The first-order chi connectivity index (χ1) is 6.69. The lowest BCUT2D eigenvalue weighted by Gasteiger charge is -2.06. The molecule has 0 unspecified atom stereocenters. The Balaban J connectivity index is 2.99. The van der Waals surface area contributed by atoms with Gasteiger partial charge < -0.3 is 15.2 Å². The zero-order chi connectivity index (χ0) is 10.6. The molecule has 0 saturated heterocycles. The normalized spacial score (nSPS) is 9.57. The molecule has 0 atom stereocenters. The van der Waals surface area contributed by atoms with Gasteiger partial charge in [0.2, 0.25) is 5.88 Å². The molecule has 1 rings (SSSR count). The summed E-state index contributed by atoms with van der Waals surface area (Å²) in [5, 5.41) is 0. The first-order valence-electron chi connectivity index (χ1n) is 4.16. The predicted molar refractivity (Wildman–Crippen MR) is 51.2 cm³/mol. The van der Waals surface area contributed by atoms with Gasteiger partial charge in [-0.05, 0) is 19.1 Å². The molecule has 0 fully saturated rings. The van der Waals surface area contributed by atoms with Gasteiger partial charge in [0.1, 0.15) is 0 Å². The summed E-state index contributed by atoms with van der Waals surface area (Å²) < 4.78 is 9.64. The molecule has 0 aliphatic rings. The number of methoxy groups -OCH3 is 1. The monoisotopic (exact) mass is 196 g/mol. The second kappa shape index (κ2) is 4.45. The van der Waals surface area contributed by atoms with Gasteiger partial charge in [-0.15, -0.1) is 0 Å². The Morgan fingerprint density at radius 2 is 2.29 bits per heavy atom. The second-order valence-corrected chi connectivity index (χ2v) is 2.52. The molecular formula is C9H12N2O3. The summed E-state index contributed by atoms with van der Waals surface area (Å²) in [6.45, 7) is 2.26. The first kappa shape index (κ1) is 10.3. The molecule has 5 heteroatoms. The van der Waals surface area contributed by atoms with Crippen LogP contribution in [0.25, 0.3) is 0 Å². The van der Waals surface area contributed by atoms with Crippen LogP contribution in [0.1, 0.15) is 17.4 Å². The number of nitrogens with zero attached hydrogens (tertiary/aromatic N) is 1. The minimum Gasteiger partial charge on any atom is -0.476 e. The SMILES string of the molecule is CCOc1nc(C(=O)OC)ccc1N. The Morgan fingerprint density at radius 1 is 1.57 bits per heavy atom. The Morgan fingerprint density at radius 3 is 2.86 bits per heavy atom. The second-order valence-electron chi connectivity index (χ2n) is 2.52. The van der Waals surface area contributed by atoms with E-state index < -0.39 is 5.97 Å². The number of anilines is 1. The van der Waals surface area contributed by atoms with Crippen molar-refractivity contribution >= 4 is 11.7 Å². The molecule has 0 aliphatic heterocycles. The highest BCUT2D eigenvalue weighted by Gasteiger charge is 2.10. The molecule has 0 saturated carbocycles. The van der Waals surface area contributed by atoms with Gasteiger partial charge in [0.15, 0.2) is 5.69 Å². The van der Waals surface area contributed by atoms with Crippen LogP contribution in [0.2, 0.25) is 0 Å². The van der Waals surface area contributed by atoms with Gasteiger partial charge in [-0.3, -0.25) is 0 Å². The standard InChI is InChI=1S/C9H12N2O3/c1-3-14-8-6(10)4-5-7(11-8)9(12)13-2/h4-5H,3,10H2,1-2H3. The van der Waals surface area contributed by atoms with Crippen molar-refractivity contribution in [3.05, 3.63) is 17.8 Å². The van der Waals surface area contributed by atoms with Gasteiger partial charge in [-0.25, -0.2) is 9.78 Å². The number of carbonyl (C=O) groups excluding carboxylic acids is 1. The van der Waals surface area contributed by atoms with Crippen LogP contribution >= 0.6 is 0 Å². The summed E-state index contributed by atoms with van der Waals surface area (Å²) in [6, 6.07) is 3.05. The molecule has 0 radical (unpaired) electrons. The molecule has 0 spiro atoms. The lowest BCUT2D eigenvalue weighted by Crippen LogP contribution is -2.07. The van der Waals surface area contributed by atoms with Gasteiger partial charge in [0.05, 0.1) is 19.4 Å². The fourth-order valence-electron chi connectivity index (χ4n) is 0.922. The number of ether oxygens (including phenoxy) is 2. The highest BCUT2D eigenvalue weighted by atomic mass is 16.5. The summed E-state index contributed by atoms with van der Waals surface area (Å²) in [4.78, 5) is 15.0. The largest absolute Gasteiger partial charge is 0.476 e. The van der Waals surface area contributed by atoms with Crippen molar-refractivity contribution in [1.29, 1.82) is 0 Å². The maximum absolute atomic E-state index is 11.1. The van der Waals surface area contributed by atoms with Crippen molar-refractivity contribution < 1.29 is 14.3 Å². The molecule has 76 valence electrons. The summed E-state index contributed by atoms with van der Waals surface area (Å²) in [6.07, 6.45) is 0. The van der Waals surface area contributed by atoms with Crippen molar-refractivity contribution in [3.8, 4) is 5.88 Å². The van der Waals surface area contributed by atoms with Crippen molar-refractivity contribution in [3.63, 3.8) is 0 Å². The van der Waals surface area contributed by atoms with Crippen molar-refractivity contribution in [2.75, 3.05) is 19.5 Å². The first-order valence-corrected chi connectivity index (χ1v) is 4.16. The van der Waals surface area contributed by atoms with Crippen LogP contribution in [-0.2, 0) is 4.74 Å². The van der Waals surface area contributed by atoms with Gasteiger partial charge in [-0.2, -0.15) is 0 Å². The number of aromatic nitrogens is 1. The molecule has 0 aliphatic carbocycles. The third-order valence-corrected chi connectivity index (χ3v) is 1.57. The van der Waals surface area contributed by atoms with E-state index in [-0.39, 0.29) is 11.6 Å². The van der Waals surface area contributed by atoms with Gasteiger partial charge >= 0.3 is 5.97 Å². The van der Waals surface area contributed by atoms with E-state index in [2.05, 4.69) is 9.72 Å². The van der Waals surface area contributed by atoms with E-state index in [1.54, 1.807) is 6.07 Å². The van der Waals surface area contributed by atoms with Crippen LogP contribution in [0.5, 0.6) is 5.88 Å². The third-order valence-electron chi connectivity index (χ3n) is 1.57. The van der Waals surface area contributed by atoms with E-state index in [0.29, 0.717) is 12.3 Å². The third kappa shape index (κ3) is 2.12. The average molecular weight is 196 g/mol. The maximum atomic E-state index is 11.1. The van der Waals surface area contributed by atoms with E-state index >= 15 is 0 Å². The molecule has 14 heavy (non-hydrogen) atoms. The maximum Gasteiger partial charge on any atom is 0.356 e. The number of carbonyl (C=O) groups is 1. The van der Waals surface area contributed by atoms with Crippen LogP contribution < -0.4 is 10.5 Å². The number of nitrogens with two attached hydrogens (primary N) is 1. The Bertz CT molecular complexity index is 339. The Kier molecular flexibility index (Phi) is 3.28. The zero-order valence-electron chi connectivity index (χ0n) is 8.11. The number of nitrogen functional groups attached to an aromatic ring is 1. The minimum atomic E-state index is -0.508. The molecule has 5 nitrogen and oxygen atoms in total. The lowest BCUT2D eigenvalue weighted by molar-refractivity contribution is 0.0593. The Hall–Kier alpha value is -1.78. The van der Waals surface area contributed by atoms with E-state index in [9.17, 15) is 4.79 Å². The number of hydrogen-bond donors (Lipinski definition) is 1. The number of rotatable bonds is 3. The van der Waals surface area contributed by atoms with E-state index in [1.807, 2.05) is 6.92 Å². The highest BCUT2D eigenvalue weighted by molar-refractivity contribution is 5.87. The molecular weight excluding hydrogens is 184 g/mol. The minimum absolute atomic E-state index is 0.185. The highest BCUT2D eigenvalue weighted by Crippen LogP contribution is 2.18. The van der Waals surface area contributed by atoms with Crippen LogP contribution in [0.4, 0.5) is 5.69 Å². The average Bonchev–Trinajstić information content (AvgIpc) is 2.20. The quantitative estimate of drug-likeness (QED) is 0.725. The van der Waals surface area contributed by atoms with E-state index in [0.717, 1.165) is 0 Å². The fourth-order valence-corrected chi connectivity index (χ4v) is 0.922. The molecule has 2 N–H and O–H groups in total. The molecule has 0 amide bonds. The molecule has 1 aromatic heterocycles. The summed E-state index contributed by atoms with van der Waals surface area (Å²) >= 11 is 0. The van der Waals surface area contributed by atoms with Crippen LogP contribution in [0.15, 0.2) is 12.1 Å². The smallest absolute Gasteiger partial charge is 0.356 e. The molecule has 1 heterocycles. The topological polar surface area (TPSA) is 74.4 Å². The van der Waals surface area contributed by atoms with Crippen LogP contribution in [0.3, 0.4) is 0 Å². The predicted octanol–water partition coefficient (Wildman–Crippen LogP) is 0.849. The summed E-state index contributed by atoms with van der Waals surface area (Å²) in [7, 11) is 1.29. The van der Waals surface area contributed by atoms with Gasteiger partial charge in [-0.1, -0.05) is 0 Å². The molecule has 0 aromatic carbocycles. The number of hydrogen-bond acceptors (Lipinski definition) is 5. The van der Waals surface area contributed by atoms with Crippen molar-refractivity contribution in [1.82, 2.24) is 4.98 Å². The summed E-state index contributed by atoms with van der Waals surface area (Å²) in [5.41, 5.74) is 6.17. The number of esters is 1. The van der Waals surface area contributed by atoms with E-state index in [1.165, 1.54) is 13.2 Å². The van der Waals surface area contributed by atoms with E-state index in [4.69, 9.17) is 10.5 Å². The lowest BCUT2D eigenvalue weighted by atomic mass is 10.3. The Labute approximate surface area is 81.8 Å². The van der Waals surface area contributed by atoms with Crippen LogP contribution in [0, 0.1) is 0 Å².